The van der Waals surface area contributed by atoms with Gasteiger partial charge in [-0.15, -0.1) is 0 Å². The summed E-state index contributed by atoms with van der Waals surface area (Å²) < 4.78 is 3.18. The lowest BCUT2D eigenvalue weighted by atomic mass is 9.94. The van der Waals surface area contributed by atoms with Gasteiger partial charge in [0.2, 0.25) is 0 Å². The Labute approximate surface area is 212 Å². The fourth-order valence-corrected chi connectivity index (χ4v) is 6.23. The number of benzene rings is 4. The molecule has 8 aromatic rings. The first-order valence-corrected chi connectivity index (χ1v) is 12.4. The summed E-state index contributed by atoms with van der Waals surface area (Å²) in [6.07, 6.45) is 0. The minimum absolute atomic E-state index is 0.165. The minimum atomic E-state index is -0.255. The van der Waals surface area contributed by atoms with Crippen molar-refractivity contribution in [2.24, 2.45) is 0 Å². The molecular formula is C32H18N2O4. The molecule has 0 amide bonds. The molecular weight excluding hydrogens is 476 g/mol. The molecule has 0 saturated carbocycles. The van der Waals surface area contributed by atoms with Crippen molar-refractivity contribution < 1.29 is 0 Å². The summed E-state index contributed by atoms with van der Waals surface area (Å²) in [5, 5.41) is 4.57. The Kier molecular flexibility index (Phi) is 3.77. The molecule has 180 valence electrons. The molecule has 4 aromatic carbocycles. The molecule has 0 N–H and O–H groups in total. The number of aryl methyl sites for hydroxylation is 2. The zero-order valence-corrected chi connectivity index (χ0v) is 20.5. The van der Waals surface area contributed by atoms with Crippen molar-refractivity contribution in [1.29, 1.82) is 0 Å². The smallest absolute Gasteiger partial charge is 0.263 e. The monoisotopic (exact) mass is 494 g/mol. The minimum Gasteiger partial charge on any atom is -0.289 e. The molecule has 0 atom stereocenters. The fraction of sp³-hybridized carbons (Fsp3) is 0.0625. The Morgan fingerprint density at radius 1 is 0.421 bits per heavy atom. The number of nitrogens with zero attached hydrogens (tertiary/aromatic N) is 2. The average Bonchev–Trinajstić information content (AvgIpc) is 2.90. The molecule has 0 bridgehead atoms. The van der Waals surface area contributed by atoms with Crippen LogP contribution in [-0.2, 0) is 0 Å². The molecule has 6 heteroatoms. The molecule has 4 heterocycles. The number of fused-ring (bicyclic) bond motifs is 8. The van der Waals surface area contributed by atoms with Crippen LogP contribution in [0.4, 0.5) is 0 Å². The highest BCUT2D eigenvalue weighted by Gasteiger charge is 2.21. The van der Waals surface area contributed by atoms with Crippen LogP contribution in [0.2, 0.25) is 0 Å². The topological polar surface area (TPSA) is 77.1 Å². The molecule has 0 radical (unpaired) electrons. The third-order valence-electron chi connectivity index (χ3n) is 7.91. The van der Waals surface area contributed by atoms with Gasteiger partial charge in [0.05, 0.1) is 22.1 Å². The maximum Gasteiger partial charge on any atom is 0.263 e. The summed E-state index contributed by atoms with van der Waals surface area (Å²) in [6, 6.07) is 21.2. The Morgan fingerprint density at radius 2 is 0.816 bits per heavy atom. The van der Waals surface area contributed by atoms with Crippen LogP contribution in [0.15, 0.2) is 92.0 Å². The second-order valence-electron chi connectivity index (χ2n) is 10.2. The zero-order chi connectivity index (χ0) is 26.0. The van der Waals surface area contributed by atoms with Gasteiger partial charge in [0.1, 0.15) is 0 Å². The van der Waals surface area contributed by atoms with Gasteiger partial charge in [0.15, 0.2) is 10.9 Å². The second kappa shape index (κ2) is 6.81. The van der Waals surface area contributed by atoms with Crippen molar-refractivity contribution in [3.05, 3.63) is 125 Å². The molecule has 0 aliphatic heterocycles. The highest BCUT2D eigenvalue weighted by atomic mass is 16.1. The summed E-state index contributed by atoms with van der Waals surface area (Å²) in [4.78, 5) is 54.1. The largest absolute Gasteiger partial charge is 0.289 e. The van der Waals surface area contributed by atoms with E-state index in [0.717, 1.165) is 11.1 Å². The molecule has 0 saturated heterocycles. The molecule has 0 aliphatic carbocycles. The Hall–Kier alpha value is -5.10. The molecule has 8 rings (SSSR count). The van der Waals surface area contributed by atoms with Crippen LogP contribution in [0, 0.1) is 13.8 Å². The van der Waals surface area contributed by atoms with Crippen LogP contribution >= 0.6 is 0 Å². The fourth-order valence-electron chi connectivity index (χ4n) is 6.23. The van der Waals surface area contributed by atoms with E-state index < -0.39 is 0 Å². The summed E-state index contributed by atoms with van der Waals surface area (Å²) in [5.41, 5.74) is 3.13. The van der Waals surface area contributed by atoms with Gasteiger partial charge >= 0.3 is 0 Å². The van der Waals surface area contributed by atoms with Gasteiger partial charge < -0.3 is 0 Å². The van der Waals surface area contributed by atoms with E-state index in [-0.39, 0.29) is 22.0 Å². The first kappa shape index (κ1) is 21.0. The number of pyridine rings is 4. The predicted molar refractivity (Wildman–Crippen MR) is 153 cm³/mol. The van der Waals surface area contributed by atoms with Crippen molar-refractivity contribution in [2.75, 3.05) is 0 Å². The van der Waals surface area contributed by atoms with Crippen LogP contribution in [-0.4, -0.2) is 8.80 Å². The van der Waals surface area contributed by atoms with Crippen LogP contribution in [0.1, 0.15) is 11.1 Å². The van der Waals surface area contributed by atoms with E-state index in [4.69, 9.17) is 0 Å². The summed E-state index contributed by atoms with van der Waals surface area (Å²) in [6.45, 7) is 3.82. The molecule has 0 fully saturated rings. The van der Waals surface area contributed by atoms with Gasteiger partial charge in [-0.25, -0.2) is 0 Å². The number of hydrogen-bond donors (Lipinski definition) is 0. The van der Waals surface area contributed by atoms with Gasteiger partial charge in [-0.1, -0.05) is 35.4 Å². The number of aromatic nitrogens is 2. The van der Waals surface area contributed by atoms with E-state index in [0.29, 0.717) is 65.2 Å². The van der Waals surface area contributed by atoms with E-state index in [1.54, 1.807) is 45.2 Å². The summed E-state index contributed by atoms with van der Waals surface area (Å²) in [5.74, 6) is 0. The molecule has 0 unspecified atom stereocenters. The maximum atomic E-state index is 13.9. The Morgan fingerprint density at radius 3 is 1.24 bits per heavy atom. The quantitative estimate of drug-likeness (QED) is 0.222. The normalized spacial score (nSPS) is 12.4. The molecule has 0 aliphatic rings. The lowest BCUT2D eigenvalue weighted by molar-refractivity contribution is 1.17. The summed E-state index contributed by atoms with van der Waals surface area (Å²) >= 11 is 0. The highest BCUT2D eigenvalue weighted by molar-refractivity contribution is 6.28. The van der Waals surface area contributed by atoms with Crippen molar-refractivity contribution in [1.82, 2.24) is 8.80 Å². The third kappa shape index (κ3) is 2.42. The van der Waals surface area contributed by atoms with E-state index in [9.17, 15) is 19.2 Å². The van der Waals surface area contributed by atoms with Gasteiger partial charge in [-0.3, -0.25) is 28.0 Å². The van der Waals surface area contributed by atoms with Gasteiger partial charge in [-0.05, 0) is 50.2 Å². The van der Waals surface area contributed by atoms with Crippen molar-refractivity contribution >= 4 is 65.2 Å². The van der Waals surface area contributed by atoms with E-state index in [1.165, 1.54) is 12.1 Å². The maximum absolute atomic E-state index is 13.9. The molecule has 6 nitrogen and oxygen atoms in total. The lowest BCUT2D eigenvalue weighted by Gasteiger charge is -2.16. The van der Waals surface area contributed by atoms with Gasteiger partial charge in [-0.2, -0.15) is 0 Å². The van der Waals surface area contributed by atoms with E-state index in [2.05, 4.69) is 0 Å². The molecule has 0 spiro atoms. The molecule has 4 aromatic heterocycles. The van der Waals surface area contributed by atoms with E-state index >= 15 is 0 Å². The number of hydrogen-bond acceptors (Lipinski definition) is 4. The predicted octanol–water partition coefficient (Wildman–Crippen LogP) is 4.89. The lowest BCUT2D eigenvalue weighted by Crippen LogP contribution is -2.21. The standard InChI is InChI=1S/C32H18N2O4/c1-15-3-9-23-21(11-15)27(35)13-25-17-5-6-18-26-14-28(36)22-12-16(2)4-10-24(22)34(26)32(38)20-8-7-19(29(17)30(18)20)31(37)33(23)25/h3-14H,1-2H3. The van der Waals surface area contributed by atoms with Gasteiger partial charge in [0, 0.05) is 55.2 Å². The third-order valence-corrected chi connectivity index (χ3v) is 7.91. The Balaban J connectivity index is 1.68. The van der Waals surface area contributed by atoms with Crippen molar-refractivity contribution in [2.45, 2.75) is 13.8 Å². The van der Waals surface area contributed by atoms with E-state index in [1.807, 2.05) is 38.1 Å². The van der Waals surface area contributed by atoms with Crippen molar-refractivity contribution in [3.8, 4) is 0 Å². The van der Waals surface area contributed by atoms with Crippen LogP contribution in [0.3, 0.4) is 0 Å². The zero-order valence-electron chi connectivity index (χ0n) is 20.5. The van der Waals surface area contributed by atoms with Crippen molar-refractivity contribution in [3.63, 3.8) is 0 Å². The van der Waals surface area contributed by atoms with Crippen LogP contribution in [0.25, 0.3) is 65.2 Å². The second-order valence-corrected chi connectivity index (χ2v) is 10.2. The highest BCUT2D eigenvalue weighted by Crippen LogP contribution is 2.36. The van der Waals surface area contributed by atoms with Crippen LogP contribution in [0.5, 0.6) is 0 Å². The number of rotatable bonds is 0. The SMILES string of the molecule is Cc1ccc2c(c1)c(=O)cc1c3ccc4c5c(ccc(c(=O)n21)c35)c(=O)n1c2ccc(C)cc2c(=O)cc41. The molecule has 38 heavy (non-hydrogen) atoms. The first-order valence-electron chi connectivity index (χ1n) is 12.4. The Bertz CT molecular complexity index is 2430. The van der Waals surface area contributed by atoms with Gasteiger partial charge in [0.25, 0.3) is 11.1 Å². The van der Waals surface area contributed by atoms with Crippen LogP contribution < -0.4 is 22.0 Å². The average molecular weight is 495 g/mol. The summed E-state index contributed by atoms with van der Waals surface area (Å²) in [7, 11) is 0. The first-order chi connectivity index (χ1) is 18.3.